The average Bonchev–Trinajstić information content (AvgIpc) is 2.95. The molecule has 1 fully saturated rings. The summed E-state index contributed by atoms with van der Waals surface area (Å²) in [5, 5.41) is 3.34. The number of benzene rings is 2. The van der Waals surface area contributed by atoms with E-state index in [1.165, 1.54) is 35.4 Å². The summed E-state index contributed by atoms with van der Waals surface area (Å²) in [5.74, 6) is -0.384. The van der Waals surface area contributed by atoms with Crippen molar-refractivity contribution in [2.45, 2.75) is 25.8 Å². The maximum absolute atomic E-state index is 13.1. The highest BCUT2D eigenvalue weighted by Crippen LogP contribution is 2.27. The molecule has 1 unspecified atom stereocenters. The van der Waals surface area contributed by atoms with Crippen LogP contribution in [0.4, 0.5) is 10.1 Å². The van der Waals surface area contributed by atoms with E-state index in [1.54, 1.807) is 4.90 Å². The van der Waals surface area contributed by atoms with Gasteiger partial charge in [-0.3, -0.25) is 9.59 Å². The predicted molar refractivity (Wildman–Crippen MR) is 106 cm³/mol. The molecule has 0 spiro atoms. The second kappa shape index (κ2) is 7.62. The van der Waals surface area contributed by atoms with Gasteiger partial charge in [0, 0.05) is 43.9 Å². The molecule has 0 radical (unpaired) electrons. The highest BCUT2D eigenvalue weighted by atomic mass is 19.1. The second-order valence-corrected chi connectivity index (χ2v) is 7.54. The fourth-order valence-electron chi connectivity index (χ4n) is 3.98. The third-order valence-electron chi connectivity index (χ3n) is 5.50. The number of amides is 2. The Kier molecular flexibility index (Phi) is 5.03. The van der Waals surface area contributed by atoms with Crippen LogP contribution >= 0.6 is 0 Å². The van der Waals surface area contributed by atoms with E-state index in [9.17, 15) is 14.0 Å². The van der Waals surface area contributed by atoms with E-state index in [1.807, 2.05) is 17.0 Å². The van der Waals surface area contributed by atoms with Crippen LogP contribution in [0.1, 0.15) is 27.9 Å². The van der Waals surface area contributed by atoms with Gasteiger partial charge in [0.15, 0.2) is 0 Å². The molecule has 146 valence electrons. The number of fused-ring (bicyclic) bond motifs is 1. The predicted octanol–water partition coefficient (Wildman–Crippen LogP) is 2.85. The molecule has 2 aliphatic rings. The molecular weight excluding hydrogens is 357 g/mol. The first-order chi connectivity index (χ1) is 13.5. The van der Waals surface area contributed by atoms with Crippen molar-refractivity contribution in [2.75, 3.05) is 31.5 Å². The summed E-state index contributed by atoms with van der Waals surface area (Å²) in [6.45, 7) is 4.29. The van der Waals surface area contributed by atoms with Gasteiger partial charge in [-0.2, -0.15) is 0 Å². The Bertz CT molecular complexity index is 897. The molecule has 4 rings (SSSR count). The third-order valence-corrected chi connectivity index (χ3v) is 5.50. The van der Waals surface area contributed by atoms with E-state index < -0.39 is 0 Å². The maximum Gasteiger partial charge on any atom is 0.253 e. The third kappa shape index (κ3) is 3.72. The zero-order valence-electron chi connectivity index (χ0n) is 16.0. The molecule has 1 saturated heterocycles. The van der Waals surface area contributed by atoms with Crippen molar-refractivity contribution < 1.29 is 14.0 Å². The van der Waals surface area contributed by atoms with Gasteiger partial charge in [-0.25, -0.2) is 4.39 Å². The molecular formula is C22H24FN3O2. The lowest BCUT2D eigenvalue weighted by Crippen LogP contribution is -2.44. The van der Waals surface area contributed by atoms with Crippen molar-refractivity contribution in [1.29, 1.82) is 0 Å². The second-order valence-electron chi connectivity index (χ2n) is 7.54. The summed E-state index contributed by atoms with van der Waals surface area (Å²) in [6.07, 6.45) is 1.43. The number of carbonyl (C=O) groups excluding carboxylic acids is 2. The van der Waals surface area contributed by atoms with Crippen LogP contribution in [-0.2, 0) is 11.2 Å². The van der Waals surface area contributed by atoms with Crippen molar-refractivity contribution in [3.05, 3.63) is 65.0 Å². The van der Waals surface area contributed by atoms with Gasteiger partial charge < -0.3 is 15.1 Å². The Morgan fingerprint density at radius 3 is 2.50 bits per heavy atom. The lowest BCUT2D eigenvalue weighted by atomic mass is 10.1. The van der Waals surface area contributed by atoms with Crippen molar-refractivity contribution in [2.24, 2.45) is 0 Å². The van der Waals surface area contributed by atoms with Gasteiger partial charge in [-0.1, -0.05) is 17.7 Å². The summed E-state index contributed by atoms with van der Waals surface area (Å²) >= 11 is 0. The van der Waals surface area contributed by atoms with Crippen molar-refractivity contribution in [3.8, 4) is 0 Å². The van der Waals surface area contributed by atoms with E-state index in [4.69, 9.17) is 0 Å². The molecule has 0 aromatic heterocycles. The molecule has 2 heterocycles. The Labute approximate surface area is 164 Å². The minimum atomic E-state index is -0.357. The van der Waals surface area contributed by atoms with Crippen LogP contribution in [0.15, 0.2) is 42.5 Å². The number of hydrogen-bond acceptors (Lipinski definition) is 3. The van der Waals surface area contributed by atoms with Crippen LogP contribution in [0.25, 0.3) is 0 Å². The largest absolute Gasteiger partial charge is 0.373 e. The minimum absolute atomic E-state index is 0.0879. The monoisotopic (exact) mass is 381 g/mol. The first-order valence-electron chi connectivity index (χ1n) is 9.71. The van der Waals surface area contributed by atoms with Crippen LogP contribution in [0.2, 0.25) is 0 Å². The van der Waals surface area contributed by atoms with Gasteiger partial charge in [-0.05, 0) is 49.2 Å². The summed E-state index contributed by atoms with van der Waals surface area (Å²) in [5.41, 5.74) is 3.89. The molecule has 5 nitrogen and oxygen atoms in total. The molecule has 1 N–H and O–H groups in total. The van der Waals surface area contributed by atoms with Crippen molar-refractivity contribution in [1.82, 2.24) is 9.80 Å². The van der Waals surface area contributed by atoms with Gasteiger partial charge in [0.05, 0.1) is 0 Å². The molecule has 2 aromatic rings. The van der Waals surface area contributed by atoms with Gasteiger partial charge in [0.1, 0.15) is 11.9 Å². The minimum Gasteiger partial charge on any atom is -0.373 e. The van der Waals surface area contributed by atoms with Gasteiger partial charge >= 0.3 is 0 Å². The van der Waals surface area contributed by atoms with Crippen LogP contribution in [0.3, 0.4) is 0 Å². The molecule has 28 heavy (non-hydrogen) atoms. The average molecular weight is 381 g/mol. The quantitative estimate of drug-likeness (QED) is 0.870. The SMILES string of the molecule is Cc1ccc2c(c1)CC(C(=O)N1CCCN(C(=O)c3ccc(F)cc3)CC1)N2. The molecule has 0 bridgehead atoms. The first-order valence-corrected chi connectivity index (χ1v) is 9.71. The molecule has 2 aliphatic heterocycles. The summed E-state index contributed by atoms with van der Waals surface area (Å²) < 4.78 is 13.1. The fourth-order valence-corrected chi connectivity index (χ4v) is 3.98. The Balaban J connectivity index is 1.38. The molecule has 6 heteroatoms. The van der Waals surface area contributed by atoms with Gasteiger partial charge in [0.25, 0.3) is 5.91 Å². The topological polar surface area (TPSA) is 52.7 Å². The fraction of sp³-hybridized carbons (Fsp3) is 0.364. The lowest BCUT2D eigenvalue weighted by molar-refractivity contribution is -0.131. The number of nitrogens with zero attached hydrogens (tertiary/aromatic N) is 2. The van der Waals surface area contributed by atoms with Crippen molar-refractivity contribution >= 4 is 17.5 Å². The van der Waals surface area contributed by atoms with E-state index in [-0.39, 0.29) is 23.7 Å². The van der Waals surface area contributed by atoms with E-state index in [0.29, 0.717) is 38.2 Å². The highest BCUT2D eigenvalue weighted by Gasteiger charge is 2.31. The normalized spacial score (nSPS) is 19.0. The Hall–Kier alpha value is -2.89. The van der Waals surface area contributed by atoms with Gasteiger partial charge in [-0.15, -0.1) is 0 Å². The zero-order valence-corrected chi connectivity index (χ0v) is 16.0. The smallest absolute Gasteiger partial charge is 0.253 e. The molecule has 2 amide bonds. The van der Waals surface area contributed by atoms with Crippen LogP contribution in [0.5, 0.6) is 0 Å². The van der Waals surface area contributed by atoms with Crippen molar-refractivity contribution in [3.63, 3.8) is 0 Å². The van der Waals surface area contributed by atoms with Crippen LogP contribution in [0, 0.1) is 12.7 Å². The highest BCUT2D eigenvalue weighted by molar-refractivity contribution is 5.94. The number of hydrogen-bond donors (Lipinski definition) is 1. The summed E-state index contributed by atoms with van der Waals surface area (Å²) in [7, 11) is 0. The maximum atomic E-state index is 13.1. The van der Waals surface area contributed by atoms with E-state index in [2.05, 4.69) is 18.3 Å². The van der Waals surface area contributed by atoms with E-state index in [0.717, 1.165) is 12.1 Å². The molecule has 1 atom stereocenters. The Morgan fingerprint density at radius 1 is 1.00 bits per heavy atom. The number of carbonyl (C=O) groups is 2. The van der Waals surface area contributed by atoms with Gasteiger partial charge in [0.2, 0.25) is 5.91 Å². The number of rotatable bonds is 2. The number of aryl methyl sites for hydroxylation is 1. The zero-order chi connectivity index (χ0) is 19.7. The molecule has 0 aliphatic carbocycles. The summed E-state index contributed by atoms with van der Waals surface area (Å²) in [4.78, 5) is 29.3. The number of halogens is 1. The van der Waals surface area contributed by atoms with E-state index >= 15 is 0 Å². The van der Waals surface area contributed by atoms with Crippen LogP contribution in [-0.4, -0.2) is 53.8 Å². The molecule has 2 aromatic carbocycles. The molecule has 0 saturated carbocycles. The van der Waals surface area contributed by atoms with Crippen LogP contribution < -0.4 is 5.32 Å². The standard InChI is InChI=1S/C22H24FN3O2/c1-15-3-8-19-17(13-15)14-20(24-19)22(28)26-10-2-9-25(11-12-26)21(27)16-4-6-18(23)7-5-16/h3-8,13,20,24H,2,9-12,14H2,1H3. The first kappa shape index (κ1) is 18.5. The summed E-state index contributed by atoms with van der Waals surface area (Å²) in [6, 6.07) is 11.6. The number of nitrogens with one attached hydrogen (secondary N) is 1. The lowest BCUT2D eigenvalue weighted by Gasteiger charge is -2.25. The Morgan fingerprint density at radius 2 is 1.71 bits per heavy atom. The number of anilines is 1.